The summed E-state index contributed by atoms with van der Waals surface area (Å²) in [7, 11) is 1.72. The molecule has 6 nitrogen and oxygen atoms in total. The van der Waals surface area contributed by atoms with Gasteiger partial charge in [-0.15, -0.1) is 0 Å². The van der Waals surface area contributed by atoms with Crippen LogP contribution in [0.5, 0.6) is 0 Å². The Hall–Kier alpha value is -3.07. The molecule has 0 saturated heterocycles. The van der Waals surface area contributed by atoms with E-state index in [1.165, 1.54) is 0 Å². The van der Waals surface area contributed by atoms with Gasteiger partial charge in [0, 0.05) is 25.5 Å². The van der Waals surface area contributed by atoms with Crippen molar-refractivity contribution < 1.29 is 4.79 Å². The molecule has 0 fully saturated rings. The first-order valence-corrected chi connectivity index (χ1v) is 6.37. The Labute approximate surface area is 120 Å². The lowest BCUT2D eigenvalue weighted by atomic mass is 10.0. The zero-order valence-electron chi connectivity index (χ0n) is 11.3. The predicted molar refractivity (Wildman–Crippen MR) is 77.7 cm³/mol. The Balaban J connectivity index is 2.05. The number of nitrogens with one attached hydrogen (secondary N) is 2. The van der Waals surface area contributed by atoms with Crippen LogP contribution in [0.2, 0.25) is 0 Å². The lowest BCUT2D eigenvalue weighted by Crippen LogP contribution is -2.35. The summed E-state index contributed by atoms with van der Waals surface area (Å²) in [6.07, 6.45) is 1.58. The van der Waals surface area contributed by atoms with Crippen LogP contribution in [0.3, 0.4) is 0 Å². The lowest BCUT2D eigenvalue weighted by Gasteiger charge is -2.26. The maximum Gasteiger partial charge on any atom is 0.321 e. The predicted octanol–water partition coefficient (Wildman–Crippen LogP) is 1.89. The van der Waals surface area contributed by atoms with Gasteiger partial charge in [-0.05, 0) is 34.9 Å². The number of aromatic amines is 1. The van der Waals surface area contributed by atoms with Gasteiger partial charge < -0.3 is 15.2 Å². The molecule has 0 unspecified atom stereocenters. The molecule has 1 aliphatic heterocycles. The molecular weight excluding hydrogens is 268 g/mol. The molecule has 0 saturated carbocycles. The van der Waals surface area contributed by atoms with E-state index < -0.39 is 5.56 Å². The van der Waals surface area contributed by atoms with E-state index in [0.717, 1.165) is 22.4 Å². The van der Waals surface area contributed by atoms with Gasteiger partial charge in [-0.3, -0.25) is 4.79 Å². The molecule has 0 radical (unpaired) electrons. The molecule has 104 valence electrons. The van der Waals surface area contributed by atoms with Crippen LogP contribution in [-0.4, -0.2) is 23.0 Å². The van der Waals surface area contributed by atoms with Crippen molar-refractivity contribution in [3.63, 3.8) is 0 Å². The van der Waals surface area contributed by atoms with Crippen LogP contribution in [-0.2, 0) is 6.54 Å². The highest BCUT2D eigenvalue weighted by Crippen LogP contribution is 2.28. The van der Waals surface area contributed by atoms with Gasteiger partial charge in [0.2, 0.25) is 0 Å². The number of urea groups is 1. The summed E-state index contributed by atoms with van der Waals surface area (Å²) in [5.74, 6) is 0. The van der Waals surface area contributed by atoms with E-state index in [2.05, 4.69) is 10.3 Å². The fourth-order valence-electron chi connectivity index (χ4n) is 2.30. The van der Waals surface area contributed by atoms with Crippen molar-refractivity contribution in [3.8, 4) is 17.2 Å². The molecule has 2 amide bonds. The molecular formula is C15H12N4O2. The summed E-state index contributed by atoms with van der Waals surface area (Å²) >= 11 is 0. The molecule has 0 atom stereocenters. The van der Waals surface area contributed by atoms with E-state index >= 15 is 0 Å². The number of amides is 2. The van der Waals surface area contributed by atoms with Crippen LogP contribution in [0.1, 0.15) is 11.1 Å². The van der Waals surface area contributed by atoms with Crippen molar-refractivity contribution in [2.24, 2.45) is 0 Å². The van der Waals surface area contributed by atoms with Gasteiger partial charge in [0.25, 0.3) is 5.56 Å². The first-order chi connectivity index (χ1) is 10.1. The molecule has 2 aromatic rings. The second-order valence-corrected chi connectivity index (χ2v) is 4.90. The first-order valence-electron chi connectivity index (χ1n) is 6.37. The molecule has 0 aliphatic carbocycles. The Morgan fingerprint density at radius 1 is 1.24 bits per heavy atom. The molecule has 2 N–H and O–H groups in total. The third-order valence-corrected chi connectivity index (χ3v) is 3.46. The van der Waals surface area contributed by atoms with Crippen LogP contribution >= 0.6 is 0 Å². The summed E-state index contributed by atoms with van der Waals surface area (Å²) in [5, 5.41) is 11.7. The largest absolute Gasteiger partial charge is 0.327 e. The third-order valence-electron chi connectivity index (χ3n) is 3.46. The van der Waals surface area contributed by atoms with Crippen molar-refractivity contribution in [1.82, 2.24) is 9.88 Å². The zero-order chi connectivity index (χ0) is 15.0. The maximum absolute atomic E-state index is 11.6. The van der Waals surface area contributed by atoms with Gasteiger partial charge in [0.15, 0.2) is 0 Å². The minimum atomic E-state index is -0.397. The van der Waals surface area contributed by atoms with Crippen LogP contribution in [0.4, 0.5) is 10.5 Å². The summed E-state index contributed by atoms with van der Waals surface area (Å²) < 4.78 is 0. The van der Waals surface area contributed by atoms with Crippen molar-refractivity contribution in [3.05, 3.63) is 51.9 Å². The Kier molecular flexibility index (Phi) is 2.95. The van der Waals surface area contributed by atoms with Gasteiger partial charge >= 0.3 is 6.03 Å². The van der Waals surface area contributed by atoms with E-state index in [1.54, 1.807) is 24.2 Å². The molecule has 2 heterocycles. The minimum Gasteiger partial charge on any atom is -0.327 e. The number of H-pyrrole nitrogens is 1. The number of rotatable bonds is 1. The van der Waals surface area contributed by atoms with Gasteiger partial charge in [-0.1, -0.05) is 6.07 Å². The molecule has 1 aliphatic rings. The summed E-state index contributed by atoms with van der Waals surface area (Å²) in [6, 6.07) is 8.92. The number of benzene rings is 1. The number of anilines is 1. The van der Waals surface area contributed by atoms with Gasteiger partial charge in [-0.2, -0.15) is 5.26 Å². The summed E-state index contributed by atoms with van der Waals surface area (Å²) in [5.41, 5.74) is 3.09. The van der Waals surface area contributed by atoms with Crippen molar-refractivity contribution in [1.29, 1.82) is 5.26 Å². The fourth-order valence-corrected chi connectivity index (χ4v) is 2.30. The van der Waals surface area contributed by atoms with E-state index in [9.17, 15) is 9.59 Å². The van der Waals surface area contributed by atoms with E-state index in [0.29, 0.717) is 6.54 Å². The number of hydrogen-bond acceptors (Lipinski definition) is 3. The van der Waals surface area contributed by atoms with Crippen LogP contribution < -0.4 is 10.9 Å². The summed E-state index contributed by atoms with van der Waals surface area (Å²) in [4.78, 5) is 27.1. The van der Waals surface area contributed by atoms with Gasteiger partial charge in [0.1, 0.15) is 11.6 Å². The number of nitriles is 1. The second kappa shape index (κ2) is 4.80. The number of hydrogen-bond donors (Lipinski definition) is 2. The van der Waals surface area contributed by atoms with Crippen LogP contribution in [0.25, 0.3) is 11.1 Å². The average molecular weight is 280 g/mol. The molecule has 6 heteroatoms. The number of aromatic nitrogens is 1. The summed E-state index contributed by atoms with van der Waals surface area (Å²) in [6.45, 7) is 0.517. The number of carbonyl (C=O) groups is 1. The first kappa shape index (κ1) is 12.9. The number of nitrogens with zero attached hydrogens (tertiary/aromatic N) is 2. The van der Waals surface area contributed by atoms with E-state index in [-0.39, 0.29) is 11.6 Å². The normalized spacial score (nSPS) is 13.3. The van der Waals surface area contributed by atoms with Crippen molar-refractivity contribution in [2.45, 2.75) is 6.54 Å². The molecule has 1 aromatic carbocycles. The lowest BCUT2D eigenvalue weighted by molar-refractivity contribution is 0.218. The van der Waals surface area contributed by atoms with E-state index in [1.807, 2.05) is 24.3 Å². The second-order valence-electron chi connectivity index (χ2n) is 4.90. The maximum atomic E-state index is 11.6. The SMILES string of the molecule is CN1Cc2cc(-c3c[nH]c(=O)c(C#N)c3)ccc2NC1=O. The standard InChI is InChI=1S/C15H12N4O2/c1-19-8-12-4-9(2-3-13(12)18-15(19)21)11-5-10(6-16)14(20)17-7-11/h2-5,7H,8H2,1H3,(H,17,20)(H,18,21). The number of fused-ring (bicyclic) bond motifs is 1. The van der Waals surface area contributed by atoms with Gasteiger partial charge in [0.05, 0.1) is 0 Å². The fraction of sp³-hybridized carbons (Fsp3) is 0.133. The molecule has 3 rings (SSSR count). The van der Waals surface area contributed by atoms with Crippen LogP contribution in [0.15, 0.2) is 35.3 Å². The quantitative estimate of drug-likeness (QED) is 0.836. The monoisotopic (exact) mass is 280 g/mol. The minimum absolute atomic E-state index is 0.0793. The smallest absolute Gasteiger partial charge is 0.321 e. The van der Waals surface area contributed by atoms with E-state index in [4.69, 9.17) is 5.26 Å². The average Bonchev–Trinajstić information content (AvgIpc) is 2.48. The van der Waals surface area contributed by atoms with Crippen LogP contribution in [0, 0.1) is 11.3 Å². The molecule has 0 spiro atoms. The third kappa shape index (κ3) is 2.25. The van der Waals surface area contributed by atoms with Gasteiger partial charge in [-0.25, -0.2) is 4.79 Å². The highest BCUT2D eigenvalue weighted by Gasteiger charge is 2.19. The Morgan fingerprint density at radius 3 is 2.81 bits per heavy atom. The number of carbonyl (C=O) groups excluding carboxylic acids is 1. The highest BCUT2D eigenvalue weighted by atomic mass is 16.2. The zero-order valence-corrected chi connectivity index (χ0v) is 11.3. The van der Waals surface area contributed by atoms with Crippen molar-refractivity contribution >= 4 is 11.7 Å². The Morgan fingerprint density at radius 2 is 2.05 bits per heavy atom. The molecule has 21 heavy (non-hydrogen) atoms. The topological polar surface area (TPSA) is 89.0 Å². The molecule has 0 bridgehead atoms. The number of pyridine rings is 1. The molecule has 1 aromatic heterocycles. The Bertz CT molecular complexity index is 832. The van der Waals surface area contributed by atoms with Crippen molar-refractivity contribution in [2.75, 3.05) is 12.4 Å². The highest BCUT2D eigenvalue weighted by molar-refractivity contribution is 5.92.